The molecule has 0 aliphatic heterocycles. The summed E-state index contributed by atoms with van der Waals surface area (Å²) in [5, 5.41) is 3.02. The summed E-state index contributed by atoms with van der Waals surface area (Å²) in [6.07, 6.45) is -4.51. The van der Waals surface area contributed by atoms with Gasteiger partial charge in [0, 0.05) is 10.6 Å². The minimum Gasteiger partial charge on any atom is -0.321 e. The van der Waals surface area contributed by atoms with Gasteiger partial charge in [-0.25, -0.2) is 0 Å². The van der Waals surface area contributed by atoms with Crippen LogP contribution in [-0.4, -0.2) is 5.91 Å². The molecule has 1 N–H and O–H groups in total. The quantitative estimate of drug-likeness (QED) is 0.797. The lowest BCUT2D eigenvalue weighted by atomic mass is 10.1. The first-order valence-electron chi connectivity index (χ1n) is 5.71. The van der Waals surface area contributed by atoms with E-state index < -0.39 is 17.6 Å². The minimum atomic E-state index is -4.51. The first-order valence-corrected chi connectivity index (χ1v) is 6.46. The Morgan fingerprint density at radius 3 is 2.38 bits per heavy atom. The smallest absolute Gasteiger partial charge is 0.321 e. The summed E-state index contributed by atoms with van der Waals surface area (Å²) in [6, 6.07) is 8.52. The highest BCUT2D eigenvalue weighted by molar-refractivity contribution is 6.36. The van der Waals surface area contributed by atoms with Crippen LogP contribution in [0.2, 0.25) is 10.0 Å². The van der Waals surface area contributed by atoms with E-state index in [4.69, 9.17) is 23.2 Å². The van der Waals surface area contributed by atoms with Crippen molar-refractivity contribution in [3.63, 3.8) is 0 Å². The van der Waals surface area contributed by atoms with Gasteiger partial charge in [-0.2, -0.15) is 13.2 Å². The van der Waals surface area contributed by atoms with Crippen LogP contribution < -0.4 is 5.32 Å². The third-order valence-electron chi connectivity index (χ3n) is 2.63. The Morgan fingerprint density at radius 1 is 1.05 bits per heavy atom. The molecule has 0 spiro atoms. The van der Waals surface area contributed by atoms with E-state index in [1.54, 1.807) is 0 Å². The van der Waals surface area contributed by atoms with Crippen LogP contribution in [0.4, 0.5) is 18.9 Å². The highest BCUT2D eigenvalue weighted by Crippen LogP contribution is 2.30. The van der Waals surface area contributed by atoms with Gasteiger partial charge in [-0.05, 0) is 36.4 Å². The lowest BCUT2D eigenvalue weighted by Gasteiger charge is -2.10. The SMILES string of the molecule is O=C(Nc1ccc(Cl)cc1Cl)c1cccc(C(F)(F)F)c1. The molecule has 0 fully saturated rings. The van der Waals surface area contributed by atoms with E-state index in [2.05, 4.69) is 5.32 Å². The van der Waals surface area contributed by atoms with Crippen molar-refractivity contribution in [2.24, 2.45) is 0 Å². The van der Waals surface area contributed by atoms with Gasteiger partial charge in [-0.15, -0.1) is 0 Å². The van der Waals surface area contributed by atoms with Gasteiger partial charge < -0.3 is 5.32 Å². The second kappa shape index (κ2) is 5.95. The summed E-state index contributed by atoms with van der Waals surface area (Å²) in [5.74, 6) is -0.690. The van der Waals surface area contributed by atoms with Crippen LogP contribution in [-0.2, 0) is 6.18 Å². The Labute approximate surface area is 128 Å². The number of carbonyl (C=O) groups excluding carboxylic acids is 1. The highest BCUT2D eigenvalue weighted by Gasteiger charge is 2.30. The zero-order valence-corrected chi connectivity index (χ0v) is 11.9. The van der Waals surface area contributed by atoms with Crippen LogP contribution in [0, 0.1) is 0 Å². The average Bonchev–Trinajstić information content (AvgIpc) is 2.41. The Morgan fingerprint density at radius 2 is 1.76 bits per heavy atom. The standard InChI is InChI=1S/C14H8Cl2F3NO/c15-10-4-5-12(11(16)7-10)20-13(21)8-2-1-3-9(6-8)14(17,18)19/h1-7H,(H,20,21). The van der Waals surface area contributed by atoms with Crippen LogP contribution in [0.15, 0.2) is 42.5 Å². The number of anilines is 1. The van der Waals surface area contributed by atoms with Crippen molar-refractivity contribution in [2.75, 3.05) is 5.32 Å². The molecule has 0 atom stereocenters. The van der Waals surface area contributed by atoms with Crippen LogP contribution in [0.3, 0.4) is 0 Å². The third kappa shape index (κ3) is 3.89. The van der Waals surface area contributed by atoms with Crippen molar-refractivity contribution in [1.82, 2.24) is 0 Å². The minimum absolute atomic E-state index is 0.115. The van der Waals surface area contributed by atoms with E-state index >= 15 is 0 Å². The first-order chi connectivity index (χ1) is 9.77. The molecule has 0 aliphatic rings. The lowest BCUT2D eigenvalue weighted by Crippen LogP contribution is -2.14. The zero-order valence-electron chi connectivity index (χ0n) is 10.3. The van der Waals surface area contributed by atoms with Crippen molar-refractivity contribution in [2.45, 2.75) is 6.18 Å². The number of hydrogen-bond donors (Lipinski definition) is 1. The van der Waals surface area contributed by atoms with Crippen molar-refractivity contribution >= 4 is 34.8 Å². The predicted molar refractivity (Wildman–Crippen MR) is 75.9 cm³/mol. The summed E-state index contributed by atoms with van der Waals surface area (Å²) in [6.45, 7) is 0. The van der Waals surface area contributed by atoms with Gasteiger partial charge in [-0.1, -0.05) is 29.3 Å². The molecule has 7 heteroatoms. The molecule has 2 aromatic rings. The van der Waals surface area contributed by atoms with Gasteiger partial charge in [0.15, 0.2) is 0 Å². The second-order valence-electron chi connectivity index (χ2n) is 4.16. The molecule has 0 heterocycles. The molecule has 0 aromatic heterocycles. The first kappa shape index (κ1) is 15.7. The Kier molecular flexibility index (Phi) is 4.44. The topological polar surface area (TPSA) is 29.1 Å². The lowest BCUT2D eigenvalue weighted by molar-refractivity contribution is -0.137. The van der Waals surface area contributed by atoms with Crippen molar-refractivity contribution < 1.29 is 18.0 Å². The molecule has 1 amide bonds. The van der Waals surface area contributed by atoms with Gasteiger partial charge in [0.05, 0.1) is 16.3 Å². The second-order valence-corrected chi connectivity index (χ2v) is 5.00. The fraction of sp³-hybridized carbons (Fsp3) is 0.0714. The van der Waals surface area contributed by atoms with Crippen molar-refractivity contribution in [3.8, 4) is 0 Å². The largest absolute Gasteiger partial charge is 0.416 e. The summed E-state index contributed by atoms with van der Waals surface area (Å²) in [5.41, 5.74) is -0.739. The molecule has 0 bridgehead atoms. The Hall–Kier alpha value is -1.72. The summed E-state index contributed by atoms with van der Waals surface area (Å²) in [7, 11) is 0. The molecule has 0 saturated heterocycles. The molecule has 2 aromatic carbocycles. The van der Waals surface area contributed by atoms with Crippen LogP contribution >= 0.6 is 23.2 Å². The molecular weight excluding hydrogens is 326 g/mol. The van der Waals surface area contributed by atoms with E-state index in [9.17, 15) is 18.0 Å². The van der Waals surface area contributed by atoms with Crippen LogP contribution in [0.1, 0.15) is 15.9 Å². The van der Waals surface area contributed by atoms with E-state index in [1.165, 1.54) is 30.3 Å². The molecule has 110 valence electrons. The van der Waals surface area contributed by atoms with Crippen molar-refractivity contribution in [3.05, 3.63) is 63.6 Å². The summed E-state index contributed by atoms with van der Waals surface area (Å²) >= 11 is 11.6. The molecule has 0 aliphatic carbocycles. The number of alkyl halides is 3. The molecule has 0 saturated carbocycles. The van der Waals surface area contributed by atoms with E-state index in [-0.39, 0.29) is 16.3 Å². The van der Waals surface area contributed by atoms with Crippen LogP contribution in [0.5, 0.6) is 0 Å². The fourth-order valence-electron chi connectivity index (χ4n) is 1.62. The number of nitrogens with one attached hydrogen (secondary N) is 1. The Bertz CT molecular complexity index is 686. The van der Waals surface area contributed by atoms with E-state index in [0.29, 0.717) is 5.02 Å². The monoisotopic (exact) mass is 333 g/mol. The molecule has 2 rings (SSSR count). The number of benzene rings is 2. The van der Waals surface area contributed by atoms with Gasteiger partial charge in [-0.3, -0.25) is 4.79 Å². The zero-order chi connectivity index (χ0) is 15.6. The van der Waals surface area contributed by atoms with Gasteiger partial charge >= 0.3 is 6.18 Å². The summed E-state index contributed by atoms with van der Waals surface area (Å²) < 4.78 is 37.8. The van der Waals surface area contributed by atoms with Gasteiger partial charge in [0.2, 0.25) is 0 Å². The van der Waals surface area contributed by atoms with Crippen molar-refractivity contribution in [1.29, 1.82) is 0 Å². The summed E-state index contributed by atoms with van der Waals surface area (Å²) in [4.78, 5) is 12.0. The molecular formula is C14H8Cl2F3NO. The van der Waals surface area contributed by atoms with E-state index in [0.717, 1.165) is 12.1 Å². The molecule has 21 heavy (non-hydrogen) atoms. The average molecular weight is 334 g/mol. The number of hydrogen-bond acceptors (Lipinski definition) is 1. The third-order valence-corrected chi connectivity index (χ3v) is 3.18. The predicted octanol–water partition coefficient (Wildman–Crippen LogP) is 5.26. The maximum atomic E-state index is 12.6. The van der Waals surface area contributed by atoms with Gasteiger partial charge in [0.1, 0.15) is 0 Å². The maximum absolute atomic E-state index is 12.6. The number of rotatable bonds is 2. The van der Waals surface area contributed by atoms with Crippen LogP contribution in [0.25, 0.3) is 0 Å². The number of halogens is 5. The maximum Gasteiger partial charge on any atom is 0.416 e. The number of carbonyl (C=O) groups is 1. The molecule has 0 radical (unpaired) electrons. The van der Waals surface area contributed by atoms with Gasteiger partial charge in [0.25, 0.3) is 5.91 Å². The Balaban J connectivity index is 2.25. The number of amides is 1. The molecule has 0 unspecified atom stereocenters. The molecule has 2 nitrogen and oxygen atoms in total. The highest BCUT2D eigenvalue weighted by atomic mass is 35.5. The fourth-order valence-corrected chi connectivity index (χ4v) is 2.08. The normalized spacial score (nSPS) is 11.3. The van der Waals surface area contributed by atoms with E-state index in [1.807, 2.05) is 0 Å².